The fourth-order valence-corrected chi connectivity index (χ4v) is 1.33. The van der Waals surface area contributed by atoms with Crippen LogP contribution in [-0.2, 0) is 0 Å². The monoisotopic (exact) mass is 201 g/mol. The molecule has 0 aliphatic heterocycles. The Kier molecular flexibility index (Phi) is 3.26. The summed E-state index contributed by atoms with van der Waals surface area (Å²) in [6.45, 7) is 1.21. The molecule has 1 fully saturated rings. The van der Waals surface area contributed by atoms with E-state index in [1.165, 1.54) is 12.8 Å². The summed E-state index contributed by atoms with van der Waals surface area (Å²) in [5.74, 6) is 7.51. The van der Waals surface area contributed by atoms with Crippen LogP contribution in [0, 0.1) is 17.8 Å². The van der Waals surface area contributed by atoms with Crippen molar-refractivity contribution in [1.29, 1.82) is 0 Å². The van der Waals surface area contributed by atoms with Crippen molar-refractivity contribution >= 4 is 0 Å². The van der Waals surface area contributed by atoms with Gasteiger partial charge < -0.3 is 10.5 Å². The van der Waals surface area contributed by atoms with Crippen LogP contribution in [0.4, 0.5) is 0 Å². The van der Waals surface area contributed by atoms with E-state index in [4.69, 9.17) is 10.5 Å². The van der Waals surface area contributed by atoms with Gasteiger partial charge in [0, 0.05) is 0 Å². The van der Waals surface area contributed by atoms with Crippen LogP contribution in [0.3, 0.4) is 0 Å². The van der Waals surface area contributed by atoms with E-state index in [1.54, 1.807) is 0 Å². The molecule has 15 heavy (non-hydrogen) atoms. The molecule has 1 saturated carbocycles. The highest BCUT2D eigenvalue weighted by Gasteiger charge is 2.22. The quantitative estimate of drug-likeness (QED) is 0.757. The Morgan fingerprint density at radius 1 is 1.33 bits per heavy atom. The van der Waals surface area contributed by atoms with E-state index in [2.05, 4.69) is 11.8 Å². The van der Waals surface area contributed by atoms with Crippen LogP contribution in [0.25, 0.3) is 0 Å². The summed E-state index contributed by atoms with van der Waals surface area (Å²) in [6.07, 6.45) is 2.60. The van der Waals surface area contributed by atoms with E-state index in [0.717, 1.165) is 23.8 Å². The lowest BCUT2D eigenvalue weighted by Crippen LogP contribution is -2.00. The summed E-state index contributed by atoms with van der Waals surface area (Å²) < 4.78 is 5.71. The molecule has 0 bridgehead atoms. The van der Waals surface area contributed by atoms with E-state index in [9.17, 15) is 0 Å². The Hall–Kier alpha value is -1.46. The van der Waals surface area contributed by atoms with Crippen molar-refractivity contribution in [3.05, 3.63) is 29.8 Å². The van der Waals surface area contributed by atoms with Gasteiger partial charge in [-0.2, -0.15) is 0 Å². The lowest BCUT2D eigenvalue weighted by Gasteiger charge is -2.06. The zero-order valence-corrected chi connectivity index (χ0v) is 8.70. The van der Waals surface area contributed by atoms with Gasteiger partial charge >= 0.3 is 0 Å². The lowest BCUT2D eigenvalue weighted by molar-refractivity contribution is 0.299. The number of rotatable bonds is 3. The molecule has 0 unspecified atom stereocenters. The first-order chi connectivity index (χ1) is 7.40. The third-order valence-electron chi connectivity index (χ3n) is 2.38. The second kappa shape index (κ2) is 4.86. The summed E-state index contributed by atoms with van der Waals surface area (Å²) in [5, 5.41) is 0. The molecule has 78 valence electrons. The minimum absolute atomic E-state index is 0.386. The van der Waals surface area contributed by atoms with Gasteiger partial charge in [-0.05, 0) is 30.9 Å². The average Bonchev–Trinajstić information content (AvgIpc) is 3.08. The highest BCUT2D eigenvalue weighted by molar-refractivity contribution is 5.45. The molecule has 2 heteroatoms. The van der Waals surface area contributed by atoms with Crippen molar-refractivity contribution in [2.24, 2.45) is 11.7 Å². The SMILES string of the molecule is NCC#Cc1ccccc1OCC1CC1. The highest BCUT2D eigenvalue weighted by Crippen LogP contribution is 2.30. The van der Waals surface area contributed by atoms with Crippen molar-refractivity contribution in [3.63, 3.8) is 0 Å². The van der Waals surface area contributed by atoms with Gasteiger partial charge in [0.1, 0.15) is 5.75 Å². The lowest BCUT2D eigenvalue weighted by atomic mass is 10.2. The molecule has 2 nitrogen and oxygen atoms in total. The zero-order valence-electron chi connectivity index (χ0n) is 8.70. The van der Waals surface area contributed by atoms with Crippen LogP contribution < -0.4 is 10.5 Å². The first-order valence-electron chi connectivity index (χ1n) is 5.31. The molecule has 1 aromatic carbocycles. The number of nitrogens with two attached hydrogens (primary N) is 1. The largest absolute Gasteiger partial charge is 0.492 e. The van der Waals surface area contributed by atoms with Crippen molar-refractivity contribution in [2.75, 3.05) is 13.2 Å². The molecule has 2 N–H and O–H groups in total. The van der Waals surface area contributed by atoms with Crippen LogP contribution >= 0.6 is 0 Å². The highest BCUT2D eigenvalue weighted by atomic mass is 16.5. The van der Waals surface area contributed by atoms with Crippen molar-refractivity contribution in [2.45, 2.75) is 12.8 Å². The number of hydrogen-bond acceptors (Lipinski definition) is 2. The molecular weight excluding hydrogens is 186 g/mol. The smallest absolute Gasteiger partial charge is 0.134 e. The summed E-state index contributed by atoms with van der Waals surface area (Å²) in [4.78, 5) is 0. The van der Waals surface area contributed by atoms with Crippen LogP contribution in [0.5, 0.6) is 5.75 Å². The van der Waals surface area contributed by atoms with Crippen LogP contribution in [-0.4, -0.2) is 13.2 Å². The van der Waals surface area contributed by atoms with Gasteiger partial charge in [-0.3, -0.25) is 0 Å². The Bertz CT molecular complexity index is 385. The van der Waals surface area contributed by atoms with Crippen molar-refractivity contribution in [1.82, 2.24) is 0 Å². The first kappa shape index (κ1) is 10.1. The van der Waals surface area contributed by atoms with Gasteiger partial charge in [0.25, 0.3) is 0 Å². The molecular formula is C13H15NO. The van der Waals surface area contributed by atoms with E-state index < -0.39 is 0 Å². The topological polar surface area (TPSA) is 35.2 Å². The van der Waals surface area contributed by atoms with Crippen molar-refractivity contribution in [3.8, 4) is 17.6 Å². The van der Waals surface area contributed by atoms with Gasteiger partial charge in [0.05, 0.1) is 18.7 Å². The molecule has 1 aromatic rings. The predicted molar refractivity (Wildman–Crippen MR) is 60.6 cm³/mol. The Morgan fingerprint density at radius 3 is 2.87 bits per heavy atom. The summed E-state index contributed by atoms with van der Waals surface area (Å²) in [5.41, 5.74) is 6.28. The minimum atomic E-state index is 0.386. The zero-order chi connectivity index (χ0) is 10.5. The molecule has 2 rings (SSSR count). The summed E-state index contributed by atoms with van der Waals surface area (Å²) >= 11 is 0. The molecule has 0 saturated heterocycles. The fourth-order valence-electron chi connectivity index (χ4n) is 1.33. The Balaban J connectivity index is 2.05. The molecule has 0 aromatic heterocycles. The van der Waals surface area contributed by atoms with Gasteiger partial charge in [0.2, 0.25) is 0 Å². The minimum Gasteiger partial charge on any atom is -0.492 e. The van der Waals surface area contributed by atoms with Crippen LogP contribution in [0.1, 0.15) is 18.4 Å². The number of para-hydroxylation sites is 1. The molecule has 1 aliphatic rings. The van der Waals surface area contributed by atoms with Crippen LogP contribution in [0.15, 0.2) is 24.3 Å². The maximum atomic E-state index is 5.71. The molecule has 0 amide bonds. The van der Waals surface area contributed by atoms with E-state index >= 15 is 0 Å². The summed E-state index contributed by atoms with van der Waals surface area (Å²) in [6, 6.07) is 7.86. The standard InChI is InChI=1S/C13H15NO/c14-9-3-5-12-4-1-2-6-13(12)15-10-11-7-8-11/h1-2,4,6,11H,7-10,14H2. The first-order valence-corrected chi connectivity index (χ1v) is 5.31. The molecule has 0 heterocycles. The number of ether oxygens (including phenoxy) is 1. The second-order valence-corrected chi connectivity index (χ2v) is 3.76. The maximum Gasteiger partial charge on any atom is 0.134 e. The normalized spacial score (nSPS) is 14.2. The Labute approximate surface area is 90.4 Å². The molecule has 0 atom stereocenters. The third-order valence-corrected chi connectivity index (χ3v) is 2.38. The van der Waals surface area contributed by atoms with Gasteiger partial charge in [0.15, 0.2) is 0 Å². The predicted octanol–water partition coefficient (Wildman–Crippen LogP) is 1.79. The van der Waals surface area contributed by atoms with E-state index in [0.29, 0.717) is 6.54 Å². The average molecular weight is 201 g/mol. The fraction of sp³-hybridized carbons (Fsp3) is 0.385. The number of benzene rings is 1. The molecule has 1 aliphatic carbocycles. The van der Waals surface area contributed by atoms with Gasteiger partial charge in [-0.25, -0.2) is 0 Å². The molecule has 0 spiro atoms. The van der Waals surface area contributed by atoms with E-state index in [1.807, 2.05) is 24.3 Å². The Morgan fingerprint density at radius 2 is 2.13 bits per heavy atom. The molecule has 0 radical (unpaired) electrons. The summed E-state index contributed by atoms with van der Waals surface area (Å²) in [7, 11) is 0. The van der Waals surface area contributed by atoms with Gasteiger partial charge in [-0.15, -0.1) is 0 Å². The maximum absolute atomic E-state index is 5.71. The van der Waals surface area contributed by atoms with E-state index in [-0.39, 0.29) is 0 Å². The van der Waals surface area contributed by atoms with Gasteiger partial charge in [-0.1, -0.05) is 24.0 Å². The van der Waals surface area contributed by atoms with Crippen molar-refractivity contribution < 1.29 is 4.74 Å². The third kappa shape index (κ3) is 3.00. The number of hydrogen-bond donors (Lipinski definition) is 1. The van der Waals surface area contributed by atoms with Crippen LogP contribution in [0.2, 0.25) is 0 Å². The second-order valence-electron chi connectivity index (χ2n) is 3.76.